The van der Waals surface area contributed by atoms with Crippen molar-refractivity contribution in [2.45, 2.75) is 19.3 Å². The molecule has 0 radical (unpaired) electrons. The van der Waals surface area contributed by atoms with Gasteiger partial charge >= 0.3 is 18.3 Å². The first-order valence-electron chi connectivity index (χ1n) is 12.1. The lowest BCUT2D eigenvalue weighted by Crippen LogP contribution is -2.27. The molecule has 0 aromatic heterocycles. The van der Waals surface area contributed by atoms with E-state index in [0.29, 0.717) is 5.75 Å². The van der Waals surface area contributed by atoms with Crippen molar-refractivity contribution in [2.24, 2.45) is 0 Å². The minimum atomic E-state index is -4.66. The van der Waals surface area contributed by atoms with E-state index in [-0.39, 0.29) is 34.9 Å². The normalized spacial score (nSPS) is 11.7. The number of esters is 1. The number of benzene rings is 4. The van der Waals surface area contributed by atoms with Crippen LogP contribution in [-0.2, 0) is 21.9 Å². The highest BCUT2D eigenvalue weighted by Gasteiger charge is 2.32. The van der Waals surface area contributed by atoms with Gasteiger partial charge in [0.15, 0.2) is 0 Å². The van der Waals surface area contributed by atoms with Gasteiger partial charge in [0.1, 0.15) is 18.0 Å². The molecule has 208 valence electrons. The molecule has 0 aliphatic rings. The van der Waals surface area contributed by atoms with Crippen molar-refractivity contribution >= 4 is 17.3 Å². The Balaban J connectivity index is 1.91. The first-order chi connectivity index (χ1) is 19.0. The second-order valence-electron chi connectivity index (χ2n) is 8.61. The highest BCUT2D eigenvalue weighted by molar-refractivity contribution is 5.88. The molecule has 10 heteroatoms. The zero-order chi connectivity index (χ0) is 28.9. The minimum absolute atomic E-state index is 0.00664. The van der Waals surface area contributed by atoms with Crippen LogP contribution in [0.5, 0.6) is 11.5 Å². The third kappa shape index (κ3) is 6.93. The largest absolute Gasteiger partial charge is 0.465 e. The summed E-state index contributed by atoms with van der Waals surface area (Å²) in [6.07, 6.45) is -9.30. The van der Waals surface area contributed by atoms with Gasteiger partial charge < -0.3 is 14.4 Å². The van der Waals surface area contributed by atoms with E-state index in [0.717, 1.165) is 24.3 Å². The maximum atomic E-state index is 13.6. The summed E-state index contributed by atoms with van der Waals surface area (Å²) < 4.78 is 92.3. The van der Waals surface area contributed by atoms with Crippen molar-refractivity contribution in [2.75, 3.05) is 18.1 Å². The number of ether oxygens (including phenoxy) is 2. The molecule has 4 nitrogen and oxygen atoms in total. The molecule has 0 unspecified atom stereocenters. The van der Waals surface area contributed by atoms with E-state index in [9.17, 15) is 31.1 Å². The van der Waals surface area contributed by atoms with Gasteiger partial charge in [-0.15, -0.1) is 0 Å². The van der Waals surface area contributed by atoms with Gasteiger partial charge in [0.05, 0.1) is 17.7 Å². The molecule has 0 amide bonds. The van der Waals surface area contributed by atoms with Gasteiger partial charge in [-0.2, -0.15) is 26.3 Å². The second-order valence-corrected chi connectivity index (χ2v) is 8.61. The molecule has 4 rings (SSSR count). The maximum Gasteiger partial charge on any atom is 0.416 e. The van der Waals surface area contributed by atoms with E-state index in [1.54, 1.807) is 37.3 Å². The van der Waals surface area contributed by atoms with Crippen LogP contribution in [0, 0.1) is 0 Å². The predicted octanol–water partition coefficient (Wildman–Crippen LogP) is 8.88. The molecule has 0 N–H and O–H groups in total. The number of carbonyl (C=O) groups is 1. The van der Waals surface area contributed by atoms with Gasteiger partial charge in [-0.1, -0.05) is 36.4 Å². The minimum Gasteiger partial charge on any atom is -0.465 e. The smallest absolute Gasteiger partial charge is 0.416 e. The first-order valence-corrected chi connectivity index (χ1v) is 12.1. The third-order valence-electron chi connectivity index (χ3n) is 5.82. The van der Waals surface area contributed by atoms with E-state index in [1.165, 1.54) is 47.4 Å². The van der Waals surface area contributed by atoms with Crippen molar-refractivity contribution in [1.29, 1.82) is 0 Å². The topological polar surface area (TPSA) is 38.8 Å². The number of para-hydroxylation sites is 1. The molecule has 0 heterocycles. The highest BCUT2D eigenvalue weighted by Crippen LogP contribution is 2.42. The first kappa shape index (κ1) is 28.5. The second kappa shape index (κ2) is 11.7. The monoisotopic (exact) mass is 559 g/mol. The fourth-order valence-corrected chi connectivity index (χ4v) is 4.03. The van der Waals surface area contributed by atoms with Crippen molar-refractivity contribution in [3.63, 3.8) is 0 Å². The molecule has 0 fully saturated rings. The predicted molar refractivity (Wildman–Crippen MR) is 138 cm³/mol. The van der Waals surface area contributed by atoms with Crippen LogP contribution in [-0.4, -0.2) is 19.1 Å². The van der Waals surface area contributed by atoms with Crippen LogP contribution < -0.4 is 9.64 Å². The Kier molecular flexibility index (Phi) is 8.37. The number of rotatable bonds is 8. The Hall–Kier alpha value is -4.47. The van der Waals surface area contributed by atoms with Crippen molar-refractivity contribution in [1.82, 2.24) is 0 Å². The molecule has 0 aliphatic heterocycles. The van der Waals surface area contributed by atoms with Gasteiger partial charge in [0.25, 0.3) is 0 Å². The zero-order valence-electron chi connectivity index (χ0n) is 21.1. The van der Waals surface area contributed by atoms with Gasteiger partial charge in [-0.3, -0.25) is 4.79 Å². The van der Waals surface area contributed by atoms with Crippen LogP contribution in [0.4, 0.5) is 37.7 Å². The van der Waals surface area contributed by atoms with Crippen LogP contribution in [0.2, 0.25) is 0 Å². The standard InChI is InChI=1S/C30H23F6NO3/c1-2-39-28(38)19-37(23-11-7-10-22(17-23)30(34,35)36)27-15-14-25(40-24-12-4-3-5-13-24)18-26(27)20-8-6-9-21(16-20)29(31,32)33/h3-18H,2,19H2,1H3. The van der Waals surface area contributed by atoms with E-state index >= 15 is 0 Å². The zero-order valence-corrected chi connectivity index (χ0v) is 21.1. The average Bonchev–Trinajstić information content (AvgIpc) is 2.92. The summed E-state index contributed by atoms with van der Waals surface area (Å²) in [4.78, 5) is 13.8. The molecule has 0 bridgehead atoms. The average molecular weight is 560 g/mol. The summed E-state index contributed by atoms with van der Waals surface area (Å²) in [5.74, 6) is -0.00601. The lowest BCUT2D eigenvalue weighted by molar-refractivity contribution is -0.141. The Morgan fingerprint density at radius 3 is 2.02 bits per heavy atom. The van der Waals surface area contributed by atoms with Crippen LogP contribution in [0.1, 0.15) is 18.1 Å². The number of halogens is 6. The third-order valence-corrected chi connectivity index (χ3v) is 5.82. The molecule has 40 heavy (non-hydrogen) atoms. The molecule has 0 atom stereocenters. The Labute approximate surface area is 226 Å². The molecule has 0 spiro atoms. The Morgan fingerprint density at radius 1 is 0.725 bits per heavy atom. The van der Waals surface area contributed by atoms with E-state index in [4.69, 9.17) is 9.47 Å². The fourth-order valence-electron chi connectivity index (χ4n) is 4.03. The molecule has 4 aromatic carbocycles. The number of carbonyl (C=O) groups excluding carboxylic acids is 1. The summed E-state index contributed by atoms with van der Waals surface area (Å²) >= 11 is 0. The van der Waals surface area contributed by atoms with Crippen molar-refractivity contribution < 1.29 is 40.6 Å². The summed E-state index contributed by atoms with van der Waals surface area (Å²) in [6, 6.07) is 21.9. The number of hydrogen-bond acceptors (Lipinski definition) is 4. The van der Waals surface area contributed by atoms with Gasteiger partial charge in [-0.05, 0) is 73.2 Å². The fraction of sp³-hybridized carbons (Fsp3) is 0.167. The van der Waals surface area contributed by atoms with E-state index in [1.807, 2.05) is 0 Å². The van der Waals surface area contributed by atoms with Gasteiger partial charge in [0, 0.05) is 16.9 Å². The van der Waals surface area contributed by atoms with Crippen LogP contribution in [0.15, 0.2) is 97.1 Å². The molecule has 0 saturated carbocycles. The molecular formula is C30H23F6NO3. The molecule has 0 saturated heterocycles. The Morgan fingerprint density at radius 2 is 1.38 bits per heavy atom. The summed E-state index contributed by atoms with van der Waals surface area (Å²) in [5, 5.41) is 0. The van der Waals surface area contributed by atoms with Crippen LogP contribution in [0.3, 0.4) is 0 Å². The van der Waals surface area contributed by atoms with Gasteiger partial charge in [0.2, 0.25) is 0 Å². The molecule has 4 aromatic rings. The summed E-state index contributed by atoms with van der Waals surface area (Å²) in [5.41, 5.74) is -1.39. The maximum absolute atomic E-state index is 13.6. The van der Waals surface area contributed by atoms with E-state index < -0.39 is 36.0 Å². The van der Waals surface area contributed by atoms with Gasteiger partial charge in [-0.25, -0.2) is 0 Å². The number of anilines is 2. The Bertz CT molecular complexity index is 1470. The van der Waals surface area contributed by atoms with Crippen molar-refractivity contribution in [3.05, 3.63) is 108 Å². The lowest BCUT2D eigenvalue weighted by Gasteiger charge is -2.28. The number of nitrogens with zero attached hydrogens (tertiary/aromatic N) is 1. The lowest BCUT2D eigenvalue weighted by atomic mass is 9.99. The van der Waals surface area contributed by atoms with E-state index in [2.05, 4.69) is 0 Å². The van der Waals surface area contributed by atoms with Crippen LogP contribution in [0.25, 0.3) is 11.1 Å². The molecule has 0 aliphatic carbocycles. The summed E-state index contributed by atoms with van der Waals surface area (Å²) in [6.45, 7) is 1.11. The number of alkyl halides is 6. The molecular weight excluding hydrogens is 536 g/mol. The number of hydrogen-bond donors (Lipinski definition) is 0. The van der Waals surface area contributed by atoms with Crippen molar-refractivity contribution in [3.8, 4) is 22.6 Å². The van der Waals surface area contributed by atoms with Crippen LogP contribution >= 0.6 is 0 Å². The highest BCUT2D eigenvalue weighted by atomic mass is 19.4. The summed E-state index contributed by atoms with van der Waals surface area (Å²) in [7, 11) is 0. The quantitative estimate of drug-likeness (QED) is 0.160. The SMILES string of the molecule is CCOC(=O)CN(c1cccc(C(F)(F)F)c1)c1ccc(Oc2ccccc2)cc1-c1cccc(C(F)(F)F)c1.